The Morgan fingerprint density at radius 1 is 1.31 bits per heavy atom. The molecule has 2 heterocycles. The fraction of sp³-hybridized carbons (Fsp3) is 0.222. The average Bonchev–Trinajstić information content (AvgIpc) is 2.56. The summed E-state index contributed by atoms with van der Waals surface area (Å²) >= 11 is 3.44. The predicted octanol–water partition coefficient (Wildman–Crippen LogP) is 2.62. The van der Waals surface area contributed by atoms with Crippen LogP contribution in [0.4, 0.5) is 5.69 Å². The van der Waals surface area contributed by atoms with Gasteiger partial charge in [0.15, 0.2) is 5.17 Å². The van der Waals surface area contributed by atoms with E-state index < -0.39 is 0 Å². The van der Waals surface area contributed by atoms with Crippen molar-refractivity contribution in [2.24, 2.45) is 4.40 Å². The quantitative estimate of drug-likeness (QED) is 0.609. The van der Waals surface area contributed by atoms with E-state index in [1.807, 2.05) is 0 Å². The molecule has 0 saturated carbocycles. The highest BCUT2D eigenvalue weighted by Crippen LogP contribution is 2.42. The van der Waals surface area contributed by atoms with Crippen LogP contribution in [0.3, 0.4) is 0 Å². The minimum Gasteiger partial charge on any atom is -0.318 e. The van der Waals surface area contributed by atoms with Crippen molar-refractivity contribution >= 4 is 34.6 Å². The van der Waals surface area contributed by atoms with E-state index in [1.54, 1.807) is 23.7 Å². The molecule has 0 unspecified atom stereocenters. The van der Waals surface area contributed by atoms with Crippen molar-refractivity contribution in [1.82, 2.24) is 0 Å². The van der Waals surface area contributed by atoms with Crippen molar-refractivity contribution in [2.75, 3.05) is 17.2 Å². The van der Waals surface area contributed by atoms with Gasteiger partial charge in [0.1, 0.15) is 0 Å². The largest absolute Gasteiger partial charge is 0.318 e. The van der Waals surface area contributed by atoms with Crippen molar-refractivity contribution < 1.29 is 0 Å². The van der Waals surface area contributed by atoms with Gasteiger partial charge in [-0.3, -0.25) is 0 Å². The molecule has 0 N–H and O–H groups in total. The third kappa shape index (κ3) is 1.16. The third-order valence-corrected chi connectivity index (χ3v) is 3.98. The zero-order valence-electron chi connectivity index (χ0n) is 6.93. The topological polar surface area (TPSA) is 15.6 Å². The average molecular weight is 208 g/mol. The molecule has 2 aliphatic heterocycles. The Morgan fingerprint density at radius 2 is 2.23 bits per heavy atom. The van der Waals surface area contributed by atoms with Gasteiger partial charge in [-0.05, 0) is 35.8 Å². The number of thioether (sulfide) groups is 1. The van der Waals surface area contributed by atoms with Gasteiger partial charge < -0.3 is 4.90 Å². The summed E-state index contributed by atoms with van der Waals surface area (Å²) in [4.78, 5) is 3.64. The second kappa shape index (κ2) is 2.96. The Kier molecular flexibility index (Phi) is 1.77. The molecule has 2 aliphatic rings. The summed E-state index contributed by atoms with van der Waals surface area (Å²) in [5.41, 5.74) is 1.33. The number of hydrogen-bond acceptors (Lipinski definition) is 4. The van der Waals surface area contributed by atoms with Gasteiger partial charge in [0.2, 0.25) is 0 Å². The van der Waals surface area contributed by atoms with Crippen LogP contribution < -0.4 is 4.90 Å². The molecule has 0 bridgehead atoms. The Morgan fingerprint density at radius 3 is 3.23 bits per heavy atom. The molecule has 0 saturated heterocycles. The highest BCUT2D eigenvalue weighted by molar-refractivity contribution is 8.15. The number of fused-ring (bicyclic) bond motifs is 3. The lowest BCUT2D eigenvalue weighted by atomic mass is 10.3. The third-order valence-electron chi connectivity index (χ3n) is 2.14. The highest BCUT2D eigenvalue weighted by atomic mass is 32.2. The monoisotopic (exact) mass is 208 g/mol. The van der Waals surface area contributed by atoms with Crippen molar-refractivity contribution in [3.63, 3.8) is 0 Å². The molecule has 66 valence electrons. The fourth-order valence-corrected chi connectivity index (χ4v) is 3.34. The molecule has 0 radical (unpaired) electrons. The minimum absolute atomic E-state index is 1.09. The van der Waals surface area contributed by atoms with Crippen LogP contribution >= 0.6 is 23.7 Å². The molecular formula is C9H8N2S2. The Labute approximate surface area is 85.6 Å². The van der Waals surface area contributed by atoms with E-state index in [0.29, 0.717) is 0 Å². The van der Waals surface area contributed by atoms with Gasteiger partial charge in [-0.1, -0.05) is 12.1 Å². The summed E-state index contributed by atoms with van der Waals surface area (Å²) in [5.74, 6) is 1.10. The number of nitrogens with zero attached hydrogens (tertiary/aromatic N) is 2. The minimum atomic E-state index is 1.09. The van der Waals surface area contributed by atoms with Gasteiger partial charge in [0.05, 0.1) is 5.69 Å². The molecule has 1 aromatic carbocycles. The van der Waals surface area contributed by atoms with Gasteiger partial charge in [-0.15, -0.1) is 0 Å². The van der Waals surface area contributed by atoms with Gasteiger partial charge in [-0.2, -0.15) is 4.40 Å². The standard InChI is InChI=1S/C9H8N2S2/c1-2-4-8-7(3-1)11-5-6-12-10-9(11)13-8/h1-4H,5-6H2. The highest BCUT2D eigenvalue weighted by Gasteiger charge is 2.27. The van der Waals surface area contributed by atoms with Gasteiger partial charge in [0.25, 0.3) is 0 Å². The number of hydrogen-bond donors (Lipinski definition) is 0. The molecule has 1 aromatic rings. The lowest BCUT2D eigenvalue weighted by molar-refractivity contribution is 1.06. The first-order valence-corrected chi connectivity index (χ1v) is 5.95. The van der Waals surface area contributed by atoms with Crippen LogP contribution in [0, 0.1) is 0 Å². The number of amidine groups is 1. The number of benzene rings is 1. The SMILES string of the molecule is c1ccc2c(c1)SC1=NSCCN12. The first kappa shape index (κ1) is 7.76. The van der Waals surface area contributed by atoms with Crippen LogP contribution in [0.5, 0.6) is 0 Å². The number of rotatable bonds is 0. The van der Waals surface area contributed by atoms with Gasteiger partial charge in [-0.25, -0.2) is 0 Å². The van der Waals surface area contributed by atoms with Crippen LogP contribution in [-0.2, 0) is 0 Å². The van der Waals surface area contributed by atoms with Crippen LogP contribution in [0.25, 0.3) is 0 Å². The maximum absolute atomic E-state index is 4.43. The zero-order valence-corrected chi connectivity index (χ0v) is 8.57. The van der Waals surface area contributed by atoms with Crippen LogP contribution in [0.2, 0.25) is 0 Å². The number of anilines is 1. The van der Waals surface area contributed by atoms with Crippen LogP contribution in [0.15, 0.2) is 33.6 Å². The normalized spacial score (nSPS) is 19.4. The molecule has 0 fully saturated rings. The lowest BCUT2D eigenvalue weighted by Gasteiger charge is -2.21. The predicted molar refractivity (Wildman–Crippen MR) is 59.5 cm³/mol. The Bertz CT molecular complexity index is 376. The van der Waals surface area contributed by atoms with Crippen molar-refractivity contribution in [3.8, 4) is 0 Å². The molecule has 3 rings (SSSR count). The maximum Gasteiger partial charge on any atom is 0.180 e. The van der Waals surface area contributed by atoms with Crippen molar-refractivity contribution in [3.05, 3.63) is 24.3 Å². The first-order valence-electron chi connectivity index (χ1n) is 4.19. The zero-order chi connectivity index (χ0) is 8.67. The summed E-state index contributed by atoms with van der Waals surface area (Å²) < 4.78 is 4.43. The van der Waals surface area contributed by atoms with E-state index in [2.05, 4.69) is 33.6 Å². The maximum atomic E-state index is 4.43. The molecule has 2 nitrogen and oxygen atoms in total. The van der Waals surface area contributed by atoms with E-state index >= 15 is 0 Å². The molecule has 0 atom stereocenters. The van der Waals surface area contributed by atoms with Gasteiger partial charge in [0, 0.05) is 17.2 Å². The smallest absolute Gasteiger partial charge is 0.180 e. The molecule has 0 aromatic heterocycles. The van der Waals surface area contributed by atoms with E-state index in [1.165, 1.54) is 10.6 Å². The molecule has 0 amide bonds. The fourth-order valence-electron chi connectivity index (χ4n) is 1.54. The number of para-hydroxylation sites is 1. The van der Waals surface area contributed by atoms with E-state index in [9.17, 15) is 0 Å². The summed E-state index contributed by atoms with van der Waals surface area (Å²) in [6.07, 6.45) is 0. The lowest BCUT2D eigenvalue weighted by Crippen LogP contribution is -2.29. The van der Waals surface area contributed by atoms with E-state index in [4.69, 9.17) is 0 Å². The van der Waals surface area contributed by atoms with Crippen molar-refractivity contribution in [1.29, 1.82) is 0 Å². The second-order valence-electron chi connectivity index (χ2n) is 2.93. The summed E-state index contributed by atoms with van der Waals surface area (Å²) in [5, 5.41) is 1.15. The Balaban J connectivity index is 2.12. The van der Waals surface area contributed by atoms with Crippen molar-refractivity contribution in [2.45, 2.75) is 4.90 Å². The second-order valence-corrected chi connectivity index (χ2v) is 4.79. The van der Waals surface area contributed by atoms with Gasteiger partial charge >= 0.3 is 0 Å². The van der Waals surface area contributed by atoms with Crippen LogP contribution in [-0.4, -0.2) is 17.5 Å². The molecule has 13 heavy (non-hydrogen) atoms. The summed E-state index contributed by atoms with van der Waals surface area (Å²) in [7, 11) is 0. The first-order chi connectivity index (χ1) is 6.45. The summed E-state index contributed by atoms with van der Waals surface area (Å²) in [6.45, 7) is 1.09. The summed E-state index contributed by atoms with van der Waals surface area (Å²) in [6, 6.07) is 8.49. The Hall–Kier alpha value is -0.610. The molecule has 0 aliphatic carbocycles. The molecule has 4 heteroatoms. The molecule has 0 spiro atoms. The van der Waals surface area contributed by atoms with E-state index in [0.717, 1.165) is 17.5 Å². The molecular weight excluding hydrogens is 200 g/mol. The van der Waals surface area contributed by atoms with Crippen LogP contribution in [0.1, 0.15) is 0 Å². The van der Waals surface area contributed by atoms with E-state index in [-0.39, 0.29) is 0 Å².